The summed E-state index contributed by atoms with van der Waals surface area (Å²) in [6.45, 7) is 2.86. The van der Waals surface area contributed by atoms with Gasteiger partial charge in [-0.2, -0.15) is 0 Å². The van der Waals surface area contributed by atoms with E-state index >= 15 is 0 Å². The van der Waals surface area contributed by atoms with Gasteiger partial charge in [0.1, 0.15) is 5.56 Å². The number of carbonyl (C=O) groups is 3. The summed E-state index contributed by atoms with van der Waals surface area (Å²) in [5.74, 6) is -2.12. The van der Waals surface area contributed by atoms with Gasteiger partial charge in [-0.25, -0.2) is 0 Å². The molecule has 8 heteroatoms. The van der Waals surface area contributed by atoms with Gasteiger partial charge in [-0.3, -0.25) is 14.4 Å². The number of aliphatic hydroxyl groups is 1. The molecule has 2 N–H and O–H groups in total. The Morgan fingerprint density at radius 1 is 1.18 bits per heavy atom. The summed E-state index contributed by atoms with van der Waals surface area (Å²) in [5, 5.41) is 14.8. The predicted molar refractivity (Wildman–Crippen MR) is 71.0 cm³/mol. The zero-order valence-corrected chi connectivity index (χ0v) is 11.8. The van der Waals surface area contributed by atoms with Crippen LogP contribution in [0.15, 0.2) is 8.94 Å². The summed E-state index contributed by atoms with van der Waals surface area (Å²) < 4.78 is 10.2. The van der Waals surface area contributed by atoms with Crippen LogP contribution in [-0.4, -0.2) is 40.9 Å². The van der Waals surface area contributed by atoms with Crippen LogP contribution in [-0.2, 0) is 0 Å². The number of rotatable bonds is 3. The molecule has 0 saturated heterocycles. The molecule has 2 heterocycles. The van der Waals surface area contributed by atoms with E-state index in [0.717, 1.165) is 0 Å². The molecule has 22 heavy (non-hydrogen) atoms. The topological polar surface area (TPSA) is 123 Å². The molecule has 0 fully saturated rings. The van der Waals surface area contributed by atoms with Crippen LogP contribution in [0.25, 0.3) is 0 Å². The van der Waals surface area contributed by atoms with Crippen LogP contribution in [0.5, 0.6) is 0 Å². The van der Waals surface area contributed by atoms with Crippen molar-refractivity contribution in [2.75, 3.05) is 13.2 Å². The van der Waals surface area contributed by atoms with Gasteiger partial charge in [-0.15, -0.1) is 0 Å². The van der Waals surface area contributed by atoms with Crippen molar-refractivity contribution in [3.63, 3.8) is 0 Å². The van der Waals surface area contributed by atoms with E-state index in [-0.39, 0.29) is 47.1 Å². The van der Waals surface area contributed by atoms with Gasteiger partial charge in [-0.05, 0) is 13.8 Å². The molecule has 0 spiro atoms. The van der Waals surface area contributed by atoms with Crippen molar-refractivity contribution >= 4 is 17.5 Å². The van der Waals surface area contributed by atoms with Crippen LogP contribution in [0.2, 0.25) is 0 Å². The third-order valence-electron chi connectivity index (χ3n) is 3.48. The number of carbonyl (C=O) groups excluding carboxylic acids is 3. The molecular formula is C14H12N2O6. The lowest BCUT2D eigenvalue weighted by Gasteiger charge is -2.07. The summed E-state index contributed by atoms with van der Waals surface area (Å²) in [6, 6.07) is 0. The highest BCUT2D eigenvalue weighted by atomic mass is 16.5. The molecule has 3 rings (SSSR count). The maximum atomic E-state index is 12.4. The number of aryl methyl sites for hydroxylation is 1. The fourth-order valence-corrected chi connectivity index (χ4v) is 2.43. The molecule has 1 amide bonds. The molecule has 0 bridgehead atoms. The Hall–Kier alpha value is -2.74. The maximum absolute atomic E-state index is 12.4. The number of hydrogen-bond acceptors (Lipinski definition) is 7. The van der Waals surface area contributed by atoms with Crippen molar-refractivity contribution in [2.24, 2.45) is 0 Å². The average Bonchev–Trinajstić information content (AvgIpc) is 3.04. The lowest BCUT2D eigenvalue weighted by Crippen LogP contribution is -2.26. The van der Waals surface area contributed by atoms with Crippen LogP contribution >= 0.6 is 0 Å². The standard InChI is InChI=1S/C14H12N2O6/c1-5-7-9(18)13-8(6(2)16-22-13)10(19)12(7)21-11(5)14(20)15-3-4-17/h17H,3-4H2,1-2H3,(H,15,20). The zero-order valence-electron chi connectivity index (χ0n) is 11.8. The maximum Gasteiger partial charge on any atom is 0.287 e. The summed E-state index contributed by atoms with van der Waals surface area (Å²) in [7, 11) is 0. The molecule has 2 aromatic rings. The Morgan fingerprint density at radius 3 is 2.55 bits per heavy atom. The van der Waals surface area contributed by atoms with E-state index in [9.17, 15) is 14.4 Å². The number of furan rings is 1. The van der Waals surface area contributed by atoms with Gasteiger partial charge >= 0.3 is 0 Å². The van der Waals surface area contributed by atoms with E-state index < -0.39 is 17.5 Å². The third-order valence-corrected chi connectivity index (χ3v) is 3.48. The van der Waals surface area contributed by atoms with Gasteiger partial charge in [-0.1, -0.05) is 5.16 Å². The molecule has 0 aliphatic heterocycles. The van der Waals surface area contributed by atoms with Gasteiger partial charge in [0, 0.05) is 12.1 Å². The Balaban J connectivity index is 2.11. The Labute approximate surface area is 124 Å². The summed E-state index contributed by atoms with van der Waals surface area (Å²) >= 11 is 0. The lowest BCUT2D eigenvalue weighted by molar-refractivity contribution is 0.0902. The molecule has 0 radical (unpaired) electrons. The summed E-state index contributed by atoms with van der Waals surface area (Å²) in [4.78, 5) is 36.8. The van der Waals surface area contributed by atoms with Gasteiger partial charge in [0.15, 0.2) is 11.5 Å². The summed E-state index contributed by atoms with van der Waals surface area (Å²) in [6.07, 6.45) is 0. The second-order valence-electron chi connectivity index (χ2n) is 4.87. The SMILES string of the molecule is Cc1noc2c1C(=O)c1oc(C(=O)NCCO)c(C)c1C2=O. The first-order valence-electron chi connectivity index (χ1n) is 6.55. The smallest absolute Gasteiger partial charge is 0.287 e. The lowest BCUT2D eigenvalue weighted by atomic mass is 9.90. The molecule has 1 aliphatic carbocycles. The van der Waals surface area contributed by atoms with Crippen molar-refractivity contribution in [1.82, 2.24) is 10.5 Å². The van der Waals surface area contributed by atoms with E-state index in [1.165, 1.54) is 6.92 Å². The molecule has 2 aromatic heterocycles. The highest BCUT2D eigenvalue weighted by Gasteiger charge is 2.41. The first kappa shape index (κ1) is 14.2. The van der Waals surface area contributed by atoms with Crippen LogP contribution in [0.1, 0.15) is 54.0 Å². The van der Waals surface area contributed by atoms with Gasteiger partial charge in [0.05, 0.1) is 17.9 Å². The Bertz CT molecular complexity index is 812. The fourth-order valence-electron chi connectivity index (χ4n) is 2.43. The molecule has 0 aromatic carbocycles. The first-order chi connectivity index (χ1) is 10.5. The second kappa shape index (κ2) is 4.92. The molecular weight excluding hydrogens is 292 g/mol. The first-order valence-corrected chi connectivity index (χ1v) is 6.55. The van der Waals surface area contributed by atoms with Crippen molar-refractivity contribution < 1.29 is 28.4 Å². The quantitative estimate of drug-likeness (QED) is 0.717. The molecule has 0 saturated carbocycles. The Kier molecular flexibility index (Phi) is 3.18. The number of nitrogens with one attached hydrogen (secondary N) is 1. The van der Waals surface area contributed by atoms with Crippen LogP contribution < -0.4 is 5.32 Å². The van der Waals surface area contributed by atoms with Gasteiger partial charge < -0.3 is 19.4 Å². The minimum absolute atomic E-state index is 0.0165. The summed E-state index contributed by atoms with van der Waals surface area (Å²) in [5.41, 5.74) is 0.624. The third kappa shape index (κ3) is 1.81. The molecule has 0 unspecified atom stereocenters. The van der Waals surface area contributed by atoms with E-state index in [1.54, 1.807) is 6.92 Å². The number of fused-ring (bicyclic) bond motifs is 2. The van der Waals surface area contributed by atoms with E-state index in [4.69, 9.17) is 14.0 Å². The second-order valence-corrected chi connectivity index (χ2v) is 4.87. The number of hydrogen-bond donors (Lipinski definition) is 2. The number of aromatic nitrogens is 1. The zero-order chi connectivity index (χ0) is 16.0. The number of nitrogens with zero attached hydrogens (tertiary/aromatic N) is 1. The van der Waals surface area contributed by atoms with E-state index in [1.807, 2.05) is 0 Å². The fraction of sp³-hybridized carbons (Fsp3) is 0.286. The van der Waals surface area contributed by atoms with Crippen LogP contribution in [0.4, 0.5) is 0 Å². The molecule has 8 nitrogen and oxygen atoms in total. The normalized spacial score (nSPS) is 13.0. The number of amides is 1. The molecule has 1 aliphatic rings. The molecule has 114 valence electrons. The minimum Gasteiger partial charge on any atom is -0.446 e. The highest BCUT2D eigenvalue weighted by molar-refractivity contribution is 6.27. The van der Waals surface area contributed by atoms with Crippen LogP contribution in [0.3, 0.4) is 0 Å². The minimum atomic E-state index is -0.604. The molecule has 0 atom stereocenters. The Morgan fingerprint density at radius 2 is 1.86 bits per heavy atom. The van der Waals surface area contributed by atoms with Crippen molar-refractivity contribution in [2.45, 2.75) is 13.8 Å². The van der Waals surface area contributed by atoms with Crippen molar-refractivity contribution in [1.29, 1.82) is 0 Å². The van der Waals surface area contributed by atoms with E-state index in [0.29, 0.717) is 5.69 Å². The predicted octanol–water partition coefficient (Wildman–Crippen LogP) is 0.382. The number of ketones is 2. The van der Waals surface area contributed by atoms with Gasteiger partial charge in [0.25, 0.3) is 5.91 Å². The van der Waals surface area contributed by atoms with Crippen molar-refractivity contribution in [3.05, 3.63) is 39.7 Å². The monoisotopic (exact) mass is 304 g/mol. The average molecular weight is 304 g/mol. The van der Waals surface area contributed by atoms with E-state index in [2.05, 4.69) is 10.5 Å². The largest absolute Gasteiger partial charge is 0.446 e. The van der Waals surface area contributed by atoms with Crippen molar-refractivity contribution in [3.8, 4) is 0 Å². The van der Waals surface area contributed by atoms with Crippen LogP contribution in [0, 0.1) is 13.8 Å². The van der Waals surface area contributed by atoms with Gasteiger partial charge in [0.2, 0.25) is 17.3 Å². The number of aliphatic hydroxyl groups excluding tert-OH is 1. The highest BCUT2D eigenvalue weighted by Crippen LogP contribution is 2.34.